The van der Waals surface area contributed by atoms with Crippen LogP contribution in [0, 0.1) is 0 Å². The Balaban J connectivity index is 2.38. The topological polar surface area (TPSA) is 73.4 Å². The second-order valence-electron chi connectivity index (χ2n) is 5.57. The van der Waals surface area contributed by atoms with Crippen molar-refractivity contribution >= 4 is 16.7 Å². The van der Waals surface area contributed by atoms with E-state index in [1.54, 1.807) is 45.2 Å². The molecule has 2 aromatic rings. The Hall–Kier alpha value is -2.14. The number of hydrogen-bond donors (Lipinski definition) is 2. The zero-order valence-electron chi connectivity index (χ0n) is 11.8. The number of carbonyl (C=O) groups excluding carboxylic acids is 1. The number of aromatic nitrogens is 1. The van der Waals surface area contributed by atoms with E-state index in [4.69, 9.17) is 0 Å². The maximum atomic E-state index is 12.3. The number of hydrogen-bond acceptors (Lipinski definition) is 3. The lowest BCUT2D eigenvalue weighted by atomic mass is 10.1. The number of rotatable bonds is 3. The van der Waals surface area contributed by atoms with Crippen LogP contribution in [0.1, 0.15) is 24.3 Å². The summed E-state index contributed by atoms with van der Waals surface area (Å²) in [5.41, 5.74) is -1.05. The molecule has 0 bridgehead atoms. The van der Waals surface area contributed by atoms with Crippen molar-refractivity contribution in [1.82, 2.24) is 9.88 Å². The number of amides is 1. The summed E-state index contributed by atoms with van der Waals surface area (Å²) in [6.07, 6.45) is 0. The summed E-state index contributed by atoms with van der Waals surface area (Å²) in [6, 6.07) is 8.75. The van der Waals surface area contributed by atoms with Crippen LogP contribution >= 0.6 is 0 Å². The molecular weight excluding hydrogens is 256 g/mol. The van der Waals surface area contributed by atoms with Crippen LogP contribution in [-0.2, 0) is 0 Å². The van der Waals surface area contributed by atoms with Crippen LogP contribution in [0.2, 0.25) is 0 Å². The lowest BCUT2D eigenvalue weighted by Gasteiger charge is -2.25. The van der Waals surface area contributed by atoms with Gasteiger partial charge < -0.3 is 15.0 Å². The SMILES string of the molecule is CN(CC(C)(C)O)C(=O)c1cc2ccccc2c(=O)[nH]1. The summed E-state index contributed by atoms with van der Waals surface area (Å²) < 4.78 is 0. The third kappa shape index (κ3) is 3.05. The number of pyridine rings is 1. The number of nitrogens with zero attached hydrogens (tertiary/aromatic N) is 1. The second-order valence-corrected chi connectivity index (χ2v) is 5.57. The summed E-state index contributed by atoms with van der Waals surface area (Å²) in [7, 11) is 1.59. The van der Waals surface area contributed by atoms with Gasteiger partial charge in [-0.3, -0.25) is 9.59 Å². The van der Waals surface area contributed by atoms with E-state index in [1.165, 1.54) is 4.90 Å². The molecule has 0 spiro atoms. The molecule has 20 heavy (non-hydrogen) atoms. The largest absolute Gasteiger partial charge is 0.389 e. The fourth-order valence-corrected chi connectivity index (χ4v) is 2.18. The van der Waals surface area contributed by atoms with E-state index in [0.29, 0.717) is 5.39 Å². The van der Waals surface area contributed by atoms with Gasteiger partial charge in [0.25, 0.3) is 11.5 Å². The molecule has 0 radical (unpaired) electrons. The molecule has 1 heterocycles. The first-order chi connectivity index (χ1) is 9.28. The van der Waals surface area contributed by atoms with Crippen LogP contribution < -0.4 is 5.56 Å². The molecule has 0 aliphatic heterocycles. The minimum Gasteiger partial charge on any atom is -0.389 e. The highest BCUT2D eigenvalue weighted by atomic mass is 16.3. The molecule has 5 heteroatoms. The van der Waals surface area contributed by atoms with Crippen LogP contribution in [0.25, 0.3) is 10.8 Å². The highest BCUT2D eigenvalue weighted by Gasteiger charge is 2.21. The average Bonchev–Trinajstić information content (AvgIpc) is 2.35. The Morgan fingerprint density at radius 1 is 1.35 bits per heavy atom. The number of likely N-dealkylation sites (N-methyl/N-ethyl adjacent to an activating group) is 1. The third-order valence-corrected chi connectivity index (χ3v) is 2.95. The van der Waals surface area contributed by atoms with Gasteiger partial charge >= 0.3 is 0 Å². The van der Waals surface area contributed by atoms with Gasteiger partial charge in [-0.15, -0.1) is 0 Å². The van der Waals surface area contributed by atoms with E-state index in [1.807, 2.05) is 6.07 Å². The minimum atomic E-state index is -0.985. The van der Waals surface area contributed by atoms with E-state index < -0.39 is 5.60 Å². The molecule has 106 valence electrons. The number of fused-ring (bicyclic) bond motifs is 1. The predicted octanol–water partition coefficient (Wildman–Crippen LogP) is 1.37. The quantitative estimate of drug-likeness (QED) is 0.888. The maximum absolute atomic E-state index is 12.3. The zero-order chi connectivity index (χ0) is 14.9. The Bertz CT molecular complexity index is 698. The van der Waals surface area contributed by atoms with E-state index in [9.17, 15) is 14.7 Å². The van der Waals surface area contributed by atoms with Crippen molar-refractivity contribution < 1.29 is 9.90 Å². The number of carbonyl (C=O) groups is 1. The molecule has 0 atom stereocenters. The van der Waals surface area contributed by atoms with E-state index in [2.05, 4.69) is 4.98 Å². The monoisotopic (exact) mass is 274 g/mol. The zero-order valence-corrected chi connectivity index (χ0v) is 11.8. The van der Waals surface area contributed by atoms with Gasteiger partial charge in [-0.1, -0.05) is 18.2 Å². The standard InChI is InChI=1S/C15H18N2O3/c1-15(2,20)9-17(3)14(19)12-8-10-6-4-5-7-11(10)13(18)16-12/h4-8,20H,9H2,1-3H3,(H,16,18). The van der Waals surface area contributed by atoms with Gasteiger partial charge in [0.15, 0.2) is 0 Å². The first-order valence-corrected chi connectivity index (χ1v) is 6.38. The van der Waals surface area contributed by atoms with Gasteiger partial charge in [-0.25, -0.2) is 0 Å². The van der Waals surface area contributed by atoms with Gasteiger partial charge in [-0.05, 0) is 31.4 Å². The molecule has 0 aliphatic rings. The van der Waals surface area contributed by atoms with Crippen LogP contribution in [0.5, 0.6) is 0 Å². The molecule has 2 rings (SSSR count). The normalized spacial score (nSPS) is 11.6. The fraction of sp³-hybridized carbons (Fsp3) is 0.333. The van der Waals surface area contributed by atoms with Crippen molar-refractivity contribution in [2.45, 2.75) is 19.4 Å². The van der Waals surface area contributed by atoms with Gasteiger partial charge in [0.05, 0.1) is 5.60 Å². The number of nitrogens with one attached hydrogen (secondary N) is 1. The van der Waals surface area contributed by atoms with E-state index in [0.717, 1.165) is 5.39 Å². The highest BCUT2D eigenvalue weighted by molar-refractivity contribution is 5.96. The van der Waals surface area contributed by atoms with Crippen molar-refractivity contribution in [3.63, 3.8) is 0 Å². The third-order valence-electron chi connectivity index (χ3n) is 2.95. The summed E-state index contributed by atoms with van der Waals surface area (Å²) >= 11 is 0. The molecule has 0 fully saturated rings. The molecule has 0 saturated carbocycles. The maximum Gasteiger partial charge on any atom is 0.270 e. The molecule has 2 N–H and O–H groups in total. The van der Waals surface area contributed by atoms with Gasteiger partial charge in [-0.2, -0.15) is 0 Å². The Morgan fingerprint density at radius 2 is 2.00 bits per heavy atom. The lowest BCUT2D eigenvalue weighted by molar-refractivity contribution is 0.0365. The molecule has 1 amide bonds. The average molecular weight is 274 g/mol. The highest BCUT2D eigenvalue weighted by Crippen LogP contribution is 2.12. The van der Waals surface area contributed by atoms with Crippen molar-refractivity contribution in [2.24, 2.45) is 0 Å². The second kappa shape index (κ2) is 5.09. The summed E-state index contributed by atoms with van der Waals surface area (Å²) in [5.74, 6) is -0.324. The number of H-pyrrole nitrogens is 1. The van der Waals surface area contributed by atoms with Crippen LogP contribution in [0.4, 0.5) is 0 Å². The molecule has 0 saturated heterocycles. The van der Waals surface area contributed by atoms with Crippen LogP contribution in [0.15, 0.2) is 35.1 Å². The number of aromatic amines is 1. The van der Waals surface area contributed by atoms with E-state index in [-0.39, 0.29) is 23.7 Å². The van der Waals surface area contributed by atoms with Gasteiger partial charge in [0.1, 0.15) is 5.69 Å². The Labute approximate surface area is 116 Å². The molecule has 0 unspecified atom stereocenters. The molecule has 1 aromatic carbocycles. The summed E-state index contributed by atoms with van der Waals surface area (Å²) in [4.78, 5) is 28.2. The van der Waals surface area contributed by atoms with Gasteiger partial charge in [0, 0.05) is 19.0 Å². The summed E-state index contributed by atoms with van der Waals surface area (Å²) in [6.45, 7) is 3.43. The van der Waals surface area contributed by atoms with Gasteiger partial charge in [0.2, 0.25) is 0 Å². The van der Waals surface area contributed by atoms with Crippen LogP contribution in [-0.4, -0.2) is 40.1 Å². The molecule has 5 nitrogen and oxygen atoms in total. The number of aliphatic hydroxyl groups is 1. The van der Waals surface area contributed by atoms with E-state index >= 15 is 0 Å². The molecule has 0 aliphatic carbocycles. The first kappa shape index (κ1) is 14.3. The minimum absolute atomic E-state index is 0.181. The fourth-order valence-electron chi connectivity index (χ4n) is 2.18. The smallest absolute Gasteiger partial charge is 0.270 e. The molecular formula is C15H18N2O3. The number of benzene rings is 1. The first-order valence-electron chi connectivity index (χ1n) is 6.38. The van der Waals surface area contributed by atoms with Crippen molar-refractivity contribution in [1.29, 1.82) is 0 Å². The van der Waals surface area contributed by atoms with Crippen molar-refractivity contribution in [3.8, 4) is 0 Å². The van der Waals surface area contributed by atoms with Crippen LogP contribution in [0.3, 0.4) is 0 Å². The molecule has 1 aromatic heterocycles. The Kier molecular flexibility index (Phi) is 3.63. The predicted molar refractivity (Wildman–Crippen MR) is 77.8 cm³/mol. The lowest BCUT2D eigenvalue weighted by Crippen LogP contribution is -2.40. The van der Waals surface area contributed by atoms with Crippen molar-refractivity contribution in [2.75, 3.05) is 13.6 Å². The summed E-state index contributed by atoms with van der Waals surface area (Å²) in [5, 5.41) is 11.0. The Morgan fingerprint density at radius 3 is 2.65 bits per heavy atom. The van der Waals surface area contributed by atoms with Crippen molar-refractivity contribution in [3.05, 3.63) is 46.4 Å².